The average Bonchev–Trinajstić information content (AvgIpc) is 2.57. The second kappa shape index (κ2) is 6.84. The van der Waals surface area contributed by atoms with Crippen LogP contribution in [0.15, 0.2) is 54.7 Å². The van der Waals surface area contributed by atoms with Crippen LogP contribution in [0.4, 0.5) is 0 Å². The van der Waals surface area contributed by atoms with Crippen LogP contribution in [0.3, 0.4) is 0 Å². The van der Waals surface area contributed by atoms with Crippen molar-refractivity contribution in [3.05, 3.63) is 77.0 Å². The summed E-state index contributed by atoms with van der Waals surface area (Å²) >= 11 is 0. The van der Waals surface area contributed by atoms with Crippen LogP contribution in [0.25, 0.3) is 22.4 Å². The zero-order chi connectivity index (χ0) is 18.1. The molecule has 1 heterocycles. The number of aryl methyl sites for hydroxylation is 4. The van der Waals surface area contributed by atoms with Gasteiger partial charge in [0.25, 0.3) is 0 Å². The Bertz CT molecular complexity index is 905. The van der Waals surface area contributed by atoms with E-state index in [-0.39, 0.29) is 0 Å². The van der Waals surface area contributed by atoms with Crippen LogP contribution in [-0.2, 0) is 7.05 Å². The van der Waals surface area contributed by atoms with Gasteiger partial charge in [0.2, 0.25) is 5.69 Å². The predicted molar refractivity (Wildman–Crippen MR) is 107 cm³/mol. The van der Waals surface area contributed by atoms with E-state index in [0.29, 0.717) is 5.92 Å². The van der Waals surface area contributed by atoms with Gasteiger partial charge in [-0.25, -0.2) is 4.57 Å². The fourth-order valence-electron chi connectivity index (χ4n) is 3.70. The molecule has 0 aliphatic heterocycles. The van der Waals surface area contributed by atoms with E-state index in [2.05, 4.69) is 101 Å². The molecular formula is C24H28N+. The standard InChI is InChI=1S/C24H28N/c1-16(2)23-15-25(6)24(13-19(23)5)22-14-21(17(3)12-18(22)4)20-10-8-7-9-11-20/h7-16H,1-6H3/q+1. The van der Waals surface area contributed by atoms with Crippen LogP contribution in [0.1, 0.15) is 42.0 Å². The van der Waals surface area contributed by atoms with Crippen molar-refractivity contribution in [2.24, 2.45) is 7.05 Å². The fraction of sp³-hybridized carbons (Fsp3) is 0.292. The monoisotopic (exact) mass is 330 g/mol. The molecule has 0 N–H and O–H groups in total. The van der Waals surface area contributed by atoms with Gasteiger partial charge in [0.15, 0.2) is 6.20 Å². The molecule has 0 amide bonds. The molecule has 2 aromatic carbocycles. The molecule has 0 spiro atoms. The summed E-state index contributed by atoms with van der Waals surface area (Å²) in [5.41, 5.74) is 10.6. The SMILES string of the molecule is Cc1cc(C)c(-c2cc(C)c(C(C)C)c[n+]2C)cc1-c1ccccc1. The summed E-state index contributed by atoms with van der Waals surface area (Å²) in [5, 5.41) is 0. The topological polar surface area (TPSA) is 3.88 Å². The van der Waals surface area contributed by atoms with Crippen molar-refractivity contribution in [1.29, 1.82) is 0 Å². The van der Waals surface area contributed by atoms with E-state index in [9.17, 15) is 0 Å². The van der Waals surface area contributed by atoms with Crippen molar-refractivity contribution in [2.45, 2.75) is 40.5 Å². The van der Waals surface area contributed by atoms with Crippen LogP contribution in [-0.4, -0.2) is 0 Å². The van der Waals surface area contributed by atoms with E-state index < -0.39 is 0 Å². The highest BCUT2D eigenvalue weighted by Gasteiger charge is 2.18. The summed E-state index contributed by atoms with van der Waals surface area (Å²) < 4.78 is 2.27. The zero-order valence-electron chi connectivity index (χ0n) is 16.2. The Morgan fingerprint density at radius 2 is 1.40 bits per heavy atom. The average molecular weight is 330 g/mol. The smallest absolute Gasteiger partial charge is 0.201 e. The lowest BCUT2D eigenvalue weighted by Crippen LogP contribution is -2.32. The number of benzene rings is 2. The Kier molecular flexibility index (Phi) is 4.76. The molecule has 0 saturated heterocycles. The first-order chi connectivity index (χ1) is 11.9. The van der Waals surface area contributed by atoms with Gasteiger partial charge >= 0.3 is 0 Å². The molecule has 1 nitrogen and oxygen atoms in total. The third-order valence-electron chi connectivity index (χ3n) is 5.08. The highest BCUT2D eigenvalue weighted by atomic mass is 14.9. The van der Waals surface area contributed by atoms with Crippen molar-refractivity contribution in [3.63, 3.8) is 0 Å². The maximum Gasteiger partial charge on any atom is 0.212 e. The lowest BCUT2D eigenvalue weighted by atomic mass is 9.92. The van der Waals surface area contributed by atoms with E-state index in [0.717, 1.165) is 0 Å². The summed E-state index contributed by atoms with van der Waals surface area (Å²) in [6.45, 7) is 11.1. The molecule has 25 heavy (non-hydrogen) atoms. The molecule has 0 saturated carbocycles. The Morgan fingerprint density at radius 1 is 0.760 bits per heavy atom. The van der Waals surface area contributed by atoms with Crippen LogP contribution >= 0.6 is 0 Å². The van der Waals surface area contributed by atoms with Gasteiger partial charge in [-0.1, -0.05) is 50.2 Å². The van der Waals surface area contributed by atoms with Gasteiger partial charge in [0, 0.05) is 17.2 Å². The molecule has 1 aromatic heterocycles. The third kappa shape index (κ3) is 3.37. The first kappa shape index (κ1) is 17.4. The maximum atomic E-state index is 2.35. The fourth-order valence-corrected chi connectivity index (χ4v) is 3.70. The number of pyridine rings is 1. The van der Waals surface area contributed by atoms with Crippen molar-refractivity contribution in [3.8, 4) is 22.4 Å². The van der Waals surface area contributed by atoms with E-state index in [4.69, 9.17) is 0 Å². The van der Waals surface area contributed by atoms with Gasteiger partial charge < -0.3 is 0 Å². The lowest BCUT2D eigenvalue weighted by molar-refractivity contribution is -0.660. The molecule has 3 rings (SSSR count). The molecule has 0 bridgehead atoms. The molecule has 0 fully saturated rings. The van der Waals surface area contributed by atoms with Crippen molar-refractivity contribution >= 4 is 0 Å². The van der Waals surface area contributed by atoms with E-state index in [1.807, 2.05) is 0 Å². The number of rotatable bonds is 3. The molecule has 128 valence electrons. The molecule has 0 atom stereocenters. The molecular weight excluding hydrogens is 302 g/mol. The second-order valence-corrected chi connectivity index (χ2v) is 7.41. The minimum Gasteiger partial charge on any atom is -0.201 e. The third-order valence-corrected chi connectivity index (χ3v) is 5.08. The van der Waals surface area contributed by atoms with Gasteiger partial charge in [0.1, 0.15) is 7.05 Å². The zero-order valence-corrected chi connectivity index (χ0v) is 16.2. The molecule has 0 radical (unpaired) electrons. The largest absolute Gasteiger partial charge is 0.212 e. The van der Waals surface area contributed by atoms with Crippen molar-refractivity contribution in [2.75, 3.05) is 0 Å². The molecule has 0 unspecified atom stereocenters. The summed E-state index contributed by atoms with van der Waals surface area (Å²) in [4.78, 5) is 0. The van der Waals surface area contributed by atoms with Gasteiger partial charge in [-0.15, -0.1) is 0 Å². The van der Waals surface area contributed by atoms with Gasteiger partial charge in [-0.2, -0.15) is 0 Å². The summed E-state index contributed by atoms with van der Waals surface area (Å²) in [5.74, 6) is 0.541. The minimum atomic E-state index is 0.541. The first-order valence-corrected chi connectivity index (χ1v) is 9.05. The van der Waals surface area contributed by atoms with Gasteiger partial charge in [0.05, 0.1) is 0 Å². The summed E-state index contributed by atoms with van der Waals surface area (Å²) in [6, 6.07) is 17.7. The highest BCUT2D eigenvalue weighted by molar-refractivity contribution is 5.75. The Labute approximate surface area is 152 Å². The minimum absolute atomic E-state index is 0.541. The maximum absolute atomic E-state index is 2.35. The highest BCUT2D eigenvalue weighted by Crippen LogP contribution is 2.32. The molecule has 0 aliphatic rings. The van der Waals surface area contributed by atoms with E-state index in [1.54, 1.807) is 0 Å². The second-order valence-electron chi connectivity index (χ2n) is 7.41. The first-order valence-electron chi connectivity index (χ1n) is 9.05. The predicted octanol–water partition coefficient (Wildman–Crippen LogP) is 5.89. The van der Waals surface area contributed by atoms with Gasteiger partial charge in [-0.3, -0.25) is 0 Å². The van der Waals surface area contributed by atoms with Crippen LogP contribution in [0.2, 0.25) is 0 Å². The van der Waals surface area contributed by atoms with Gasteiger partial charge in [-0.05, 0) is 60.6 Å². The Hall–Kier alpha value is -2.41. The van der Waals surface area contributed by atoms with E-state index >= 15 is 0 Å². The van der Waals surface area contributed by atoms with Crippen LogP contribution < -0.4 is 4.57 Å². The van der Waals surface area contributed by atoms with Crippen LogP contribution in [0.5, 0.6) is 0 Å². The summed E-state index contributed by atoms with van der Waals surface area (Å²) in [7, 11) is 2.15. The lowest BCUT2D eigenvalue weighted by Gasteiger charge is -2.14. The molecule has 1 heteroatoms. The number of nitrogens with zero attached hydrogens (tertiary/aromatic N) is 1. The number of hydrogen-bond acceptors (Lipinski definition) is 0. The number of aromatic nitrogens is 1. The normalized spacial score (nSPS) is 11.2. The molecule has 3 aromatic rings. The number of hydrogen-bond donors (Lipinski definition) is 0. The molecule has 0 aliphatic carbocycles. The van der Waals surface area contributed by atoms with E-state index in [1.165, 1.54) is 44.6 Å². The van der Waals surface area contributed by atoms with Crippen LogP contribution in [0, 0.1) is 20.8 Å². The Balaban J connectivity index is 2.20. The quantitative estimate of drug-likeness (QED) is 0.527. The summed E-state index contributed by atoms with van der Waals surface area (Å²) in [6.07, 6.45) is 2.29. The Morgan fingerprint density at radius 3 is 2.04 bits per heavy atom. The van der Waals surface area contributed by atoms with Crippen molar-refractivity contribution < 1.29 is 4.57 Å². The van der Waals surface area contributed by atoms with Crippen molar-refractivity contribution in [1.82, 2.24) is 0 Å².